The third-order valence-corrected chi connectivity index (χ3v) is 7.39. The fourth-order valence-corrected chi connectivity index (χ4v) is 5.32. The second-order valence-electron chi connectivity index (χ2n) is 10.7. The Balaban J connectivity index is 1.29. The summed E-state index contributed by atoms with van der Waals surface area (Å²) in [6, 6.07) is 2.08. The van der Waals surface area contributed by atoms with Crippen molar-refractivity contribution < 1.29 is 9.32 Å². The molecule has 6 heteroatoms. The molecule has 4 rings (SSSR count). The van der Waals surface area contributed by atoms with E-state index in [9.17, 15) is 4.79 Å². The van der Waals surface area contributed by atoms with Gasteiger partial charge in [-0.05, 0) is 69.8 Å². The normalized spacial score (nSPS) is 20.2. The Morgan fingerprint density at radius 2 is 1.94 bits per heavy atom. The summed E-state index contributed by atoms with van der Waals surface area (Å²) in [5, 5.41) is 8.91. The van der Waals surface area contributed by atoms with Crippen molar-refractivity contribution in [2.45, 2.75) is 92.0 Å². The van der Waals surface area contributed by atoms with E-state index in [4.69, 9.17) is 4.52 Å². The molecule has 6 nitrogen and oxygen atoms in total. The van der Waals surface area contributed by atoms with Crippen LogP contribution >= 0.6 is 0 Å². The maximum Gasteiger partial charge on any atom is 0.222 e. The Labute approximate surface area is 186 Å². The molecule has 0 aromatic carbocycles. The van der Waals surface area contributed by atoms with E-state index in [-0.39, 0.29) is 5.91 Å². The number of hydrogen-bond acceptors (Lipinski definition) is 4. The van der Waals surface area contributed by atoms with Crippen LogP contribution in [0.3, 0.4) is 0 Å². The Kier molecular flexibility index (Phi) is 6.27. The lowest BCUT2D eigenvalue weighted by molar-refractivity contribution is -0.132. The molecule has 1 unspecified atom stereocenters. The number of carbonyl (C=O) groups is 1. The highest BCUT2D eigenvalue weighted by molar-refractivity contribution is 5.76. The number of piperidine rings is 1. The zero-order valence-electron chi connectivity index (χ0n) is 19.9. The molecule has 2 aromatic rings. The van der Waals surface area contributed by atoms with Crippen molar-refractivity contribution in [1.82, 2.24) is 19.8 Å². The minimum atomic E-state index is 0.271. The van der Waals surface area contributed by atoms with E-state index in [0.717, 1.165) is 68.9 Å². The van der Waals surface area contributed by atoms with Crippen molar-refractivity contribution in [3.05, 3.63) is 34.5 Å². The quantitative estimate of drug-likeness (QED) is 0.687. The summed E-state index contributed by atoms with van der Waals surface area (Å²) >= 11 is 0. The minimum absolute atomic E-state index is 0.271. The average molecular weight is 427 g/mol. The molecule has 31 heavy (non-hydrogen) atoms. The zero-order chi connectivity index (χ0) is 22.2. The lowest BCUT2D eigenvalue weighted by atomic mass is 9.71. The molecule has 3 heterocycles. The molecule has 1 aliphatic heterocycles. The SMILES string of the molecule is Cc1cc(C)n(CCCC(=O)N2CCC(c3onc4c3CC(C(C)(C)C)CC4)CC2)n1. The van der Waals surface area contributed by atoms with Gasteiger partial charge in [0.25, 0.3) is 0 Å². The molecular weight excluding hydrogens is 388 g/mol. The van der Waals surface area contributed by atoms with E-state index in [2.05, 4.69) is 44.0 Å². The summed E-state index contributed by atoms with van der Waals surface area (Å²) in [4.78, 5) is 14.8. The predicted octanol–water partition coefficient (Wildman–Crippen LogP) is 4.83. The molecular formula is C25H38N4O2. The van der Waals surface area contributed by atoms with Crippen molar-refractivity contribution in [1.29, 1.82) is 0 Å². The lowest BCUT2D eigenvalue weighted by Crippen LogP contribution is -2.38. The number of rotatable bonds is 5. The fourth-order valence-electron chi connectivity index (χ4n) is 5.32. The maximum absolute atomic E-state index is 12.7. The van der Waals surface area contributed by atoms with Gasteiger partial charge in [0.05, 0.1) is 11.4 Å². The molecule has 2 aliphatic rings. The molecule has 0 radical (unpaired) electrons. The number of hydrogen-bond donors (Lipinski definition) is 0. The summed E-state index contributed by atoms with van der Waals surface area (Å²) in [5.74, 6) is 2.46. The van der Waals surface area contributed by atoms with E-state index >= 15 is 0 Å². The number of nitrogens with zero attached hydrogens (tertiary/aromatic N) is 4. The molecule has 1 saturated heterocycles. The average Bonchev–Trinajstić information content (AvgIpc) is 3.29. The number of aromatic nitrogens is 3. The molecule has 170 valence electrons. The van der Waals surface area contributed by atoms with Crippen LogP contribution in [0.15, 0.2) is 10.6 Å². The van der Waals surface area contributed by atoms with E-state index in [1.165, 1.54) is 17.7 Å². The molecule has 2 aromatic heterocycles. The van der Waals surface area contributed by atoms with E-state index in [1.54, 1.807) is 0 Å². The third-order valence-electron chi connectivity index (χ3n) is 7.39. The highest BCUT2D eigenvalue weighted by Gasteiger charge is 2.35. The molecule has 1 fully saturated rings. The second kappa shape index (κ2) is 8.79. The van der Waals surface area contributed by atoms with E-state index in [1.807, 2.05) is 16.5 Å². The van der Waals surface area contributed by atoms with Crippen molar-refractivity contribution in [2.24, 2.45) is 11.3 Å². The topological polar surface area (TPSA) is 64.2 Å². The molecule has 0 spiro atoms. The van der Waals surface area contributed by atoms with Crippen LogP contribution in [0.2, 0.25) is 0 Å². The van der Waals surface area contributed by atoms with Crippen molar-refractivity contribution in [3.63, 3.8) is 0 Å². The number of carbonyl (C=O) groups excluding carboxylic acids is 1. The standard InChI is InChI=1S/C25H38N4O2/c1-17-15-18(2)29(26-17)12-6-7-23(30)28-13-10-19(11-14-28)24-21-16-20(25(3,4)5)8-9-22(21)27-31-24/h15,19-20H,6-14,16H2,1-5H3. The molecule has 1 amide bonds. The number of likely N-dealkylation sites (tertiary alicyclic amines) is 1. The number of amides is 1. The first-order valence-corrected chi connectivity index (χ1v) is 12.0. The van der Waals surface area contributed by atoms with Crippen LogP contribution in [0.5, 0.6) is 0 Å². The first-order chi connectivity index (χ1) is 14.7. The number of fused-ring (bicyclic) bond motifs is 1. The largest absolute Gasteiger partial charge is 0.361 e. The monoisotopic (exact) mass is 426 g/mol. The first kappa shape index (κ1) is 22.1. The van der Waals surface area contributed by atoms with Gasteiger partial charge in [0.1, 0.15) is 5.76 Å². The molecule has 0 bridgehead atoms. The van der Waals surface area contributed by atoms with E-state index < -0.39 is 0 Å². The Bertz CT molecular complexity index is 913. The molecule has 0 saturated carbocycles. The minimum Gasteiger partial charge on any atom is -0.361 e. The van der Waals surface area contributed by atoms with Gasteiger partial charge >= 0.3 is 0 Å². The van der Waals surface area contributed by atoms with Crippen molar-refractivity contribution >= 4 is 5.91 Å². The molecule has 0 N–H and O–H groups in total. The van der Waals surface area contributed by atoms with E-state index in [0.29, 0.717) is 23.7 Å². The fraction of sp³-hybridized carbons (Fsp3) is 0.720. The van der Waals surface area contributed by atoms with Crippen LogP contribution in [0.25, 0.3) is 0 Å². The van der Waals surface area contributed by atoms with Gasteiger partial charge in [-0.25, -0.2) is 0 Å². The highest BCUT2D eigenvalue weighted by Crippen LogP contribution is 2.41. The van der Waals surface area contributed by atoms with Crippen molar-refractivity contribution in [2.75, 3.05) is 13.1 Å². The second-order valence-corrected chi connectivity index (χ2v) is 10.7. The van der Waals surface area contributed by atoms with Crippen LogP contribution in [0.1, 0.15) is 87.2 Å². The maximum atomic E-state index is 12.7. The summed E-state index contributed by atoms with van der Waals surface area (Å²) in [6.07, 6.45) is 6.71. The van der Waals surface area contributed by atoms with Gasteiger partial charge in [-0.3, -0.25) is 9.48 Å². The Morgan fingerprint density at radius 3 is 2.58 bits per heavy atom. The molecule has 1 aliphatic carbocycles. The van der Waals surface area contributed by atoms with Crippen LogP contribution in [-0.4, -0.2) is 38.8 Å². The van der Waals surface area contributed by atoms with Gasteiger partial charge in [0.2, 0.25) is 5.91 Å². The van der Waals surface area contributed by atoms with Gasteiger partial charge in [0, 0.05) is 43.2 Å². The zero-order valence-corrected chi connectivity index (χ0v) is 19.9. The summed E-state index contributed by atoms with van der Waals surface area (Å²) in [5.41, 5.74) is 5.07. The Morgan fingerprint density at radius 1 is 1.19 bits per heavy atom. The van der Waals surface area contributed by atoms with Crippen LogP contribution in [-0.2, 0) is 24.2 Å². The number of aryl methyl sites for hydroxylation is 4. The predicted molar refractivity (Wildman–Crippen MR) is 121 cm³/mol. The van der Waals surface area contributed by atoms with Crippen LogP contribution < -0.4 is 0 Å². The van der Waals surface area contributed by atoms with Gasteiger partial charge in [-0.15, -0.1) is 0 Å². The van der Waals surface area contributed by atoms with Gasteiger partial charge in [-0.2, -0.15) is 5.10 Å². The van der Waals surface area contributed by atoms with Crippen LogP contribution in [0, 0.1) is 25.2 Å². The Hall–Kier alpha value is -2.11. The first-order valence-electron chi connectivity index (χ1n) is 12.0. The summed E-state index contributed by atoms with van der Waals surface area (Å²) in [6.45, 7) is 13.6. The highest BCUT2D eigenvalue weighted by atomic mass is 16.5. The summed E-state index contributed by atoms with van der Waals surface area (Å²) in [7, 11) is 0. The van der Waals surface area contributed by atoms with Gasteiger partial charge < -0.3 is 9.42 Å². The summed E-state index contributed by atoms with van der Waals surface area (Å²) < 4.78 is 7.88. The lowest BCUT2D eigenvalue weighted by Gasteiger charge is -2.35. The van der Waals surface area contributed by atoms with Crippen molar-refractivity contribution in [3.8, 4) is 0 Å². The van der Waals surface area contributed by atoms with Gasteiger partial charge in [0.15, 0.2) is 0 Å². The van der Waals surface area contributed by atoms with Gasteiger partial charge in [-0.1, -0.05) is 25.9 Å². The third kappa shape index (κ3) is 4.88. The smallest absolute Gasteiger partial charge is 0.222 e. The molecule has 1 atom stereocenters. The van der Waals surface area contributed by atoms with Crippen LogP contribution in [0.4, 0.5) is 0 Å².